The maximum absolute atomic E-state index is 12.4. The van der Waals surface area contributed by atoms with Crippen LogP contribution in [0.1, 0.15) is 17.5 Å². The minimum Gasteiger partial charge on any atom is -0.393 e. The van der Waals surface area contributed by atoms with Gasteiger partial charge in [0.25, 0.3) is 0 Å². The molecule has 0 aliphatic carbocycles. The molecule has 0 saturated heterocycles. The van der Waals surface area contributed by atoms with Crippen molar-refractivity contribution >= 4 is 17.0 Å². The summed E-state index contributed by atoms with van der Waals surface area (Å²) in [6, 6.07) is 17.3. The topological polar surface area (TPSA) is 62.4 Å². The summed E-state index contributed by atoms with van der Waals surface area (Å²) in [4.78, 5) is 29.3. The number of hydrogen-bond donors (Lipinski definition) is 1. The zero-order valence-electron chi connectivity index (χ0n) is 15.0. The lowest BCUT2D eigenvalue weighted by Crippen LogP contribution is -2.31. The van der Waals surface area contributed by atoms with Gasteiger partial charge < -0.3 is 14.6 Å². The first-order chi connectivity index (χ1) is 12.6. The number of benzene rings is 2. The monoisotopic (exact) mass is 350 g/mol. The molecule has 0 saturated carbocycles. The number of nitrogens with one attached hydrogen (secondary N) is 1. The number of amides is 1. The number of nitrogens with zero attached hydrogens (tertiary/aromatic N) is 1. The van der Waals surface area contributed by atoms with Gasteiger partial charge in [-0.25, -0.2) is 4.79 Å². The average Bonchev–Trinajstić information content (AvgIpc) is 2.66. The van der Waals surface area contributed by atoms with Gasteiger partial charge in [-0.2, -0.15) is 0 Å². The Hall–Kier alpha value is -3.08. The minimum atomic E-state index is -0.480. The van der Waals surface area contributed by atoms with E-state index in [0.717, 1.165) is 12.8 Å². The second kappa shape index (κ2) is 7.87. The van der Waals surface area contributed by atoms with Gasteiger partial charge in [0.2, 0.25) is 5.88 Å². The highest BCUT2D eigenvalue weighted by molar-refractivity contribution is 5.80. The molecule has 0 bridgehead atoms. The summed E-state index contributed by atoms with van der Waals surface area (Å²) < 4.78 is 5.43. The third-order valence-electron chi connectivity index (χ3n) is 4.40. The SMILES string of the molecule is Cc1c(OC(=O)N(C)CCCc2ccccc2)[nH]c2ccccc2c1=O. The van der Waals surface area contributed by atoms with E-state index in [-0.39, 0.29) is 11.3 Å². The van der Waals surface area contributed by atoms with Crippen LogP contribution >= 0.6 is 0 Å². The summed E-state index contributed by atoms with van der Waals surface area (Å²) in [6.07, 6.45) is 1.25. The number of aromatic nitrogens is 1. The van der Waals surface area contributed by atoms with Crippen LogP contribution in [0, 0.1) is 6.92 Å². The van der Waals surface area contributed by atoms with Crippen molar-refractivity contribution in [3.05, 3.63) is 75.9 Å². The highest BCUT2D eigenvalue weighted by atomic mass is 16.6. The predicted molar refractivity (Wildman–Crippen MR) is 103 cm³/mol. The van der Waals surface area contributed by atoms with Crippen molar-refractivity contribution in [1.82, 2.24) is 9.88 Å². The van der Waals surface area contributed by atoms with E-state index < -0.39 is 6.09 Å². The third kappa shape index (κ3) is 3.94. The van der Waals surface area contributed by atoms with Crippen LogP contribution in [-0.2, 0) is 6.42 Å². The quantitative estimate of drug-likeness (QED) is 0.759. The smallest absolute Gasteiger partial charge is 0.393 e. The van der Waals surface area contributed by atoms with Crippen molar-refractivity contribution in [3.8, 4) is 5.88 Å². The molecule has 1 amide bonds. The lowest BCUT2D eigenvalue weighted by atomic mass is 10.1. The zero-order chi connectivity index (χ0) is 18.5. The first kappa shape index (κ1) is 17.7. The molecule has 2 aromatic carbocycles. The van der Waals surface area contributed by atoms with Crippen LogP contribution < -0.4 is 10.2 Å². The molecule has 5 nitrogen and oxygen atoms in total. The van der Waals surface area contributed by atoms with Gasteiger partial charge in [0, 0.05) is 19.0 Å². The Kier molecular flexibility index (Phi) is 5.37. The van der Waals surface area contributed by atoms with Crippen LogP contribution in [-0.4, -0.2) is 29.6 Å². The molecule has 134 valence electrons. The standard InChI is InChI=1S/C21H22N2O3/c1-15-19(24)17-12-6-7-13-18(17)22-20(15)26-21(25)23(2)14-8-11-16-9-4-3-5-10-16/h3-7,9-10,12-13H,8,11,14H2,1-2H3,(H,22,24). The van der Waals surface area contributed by atoms with Gasteiger partial charge in [0.15, 0.2) is 5.43 Å². The highest BCUT2D eigenvalue weighted by Crippen LogP contribution is 2.17. The van der Waals surface area contributed by atoms with Crippen molar-refractivity contribution < 1.29 is 9.53 Å². The number of fused-ring (bicyclic) bond motifs is 1. The van der Waals surface area contributed by atoms with Gasteiger partial charge in [-0.15, -0.1) is 0 Å². The molecular formula is C21H22N2O3. The molecule has 0 aliphatic heterocycles. The Morgan fingerprint density at radius 3 is 2.54 bits per heavy atom. The molecule has 0 atom stereocenters. The van der Waals surface area contributed by atoms with Crippen molar-refractivity contribution in [2.75, 3.05) is 13.6 Å². The van der Waals surface area contributed by atoms with Gasteiger partial charge >= 0.3 is 6.09 Å². The molecular weight excluding hydrogens is 328 g/mol. The van der Waals surface area contributed by atoms with E-state index in [1.807, 2.05) is 30.3 Å². The Bertz CT molecular complexity index is 964. The van der Waals surface area contributed by atoms with E-state index in [1.165, 1.54) is 10.5 Å². The van der Waals surface area contributed by atoms with Crippen LogP contribution in [0.3, 0.4) is 0 Å². The second-order valence-corrected chi connectivity index (χ2v) is 6.33. The molecule has 0 radical (unpaired) electrons. The largest absolute Gasteiger partial charge is 0.416 e. The van der Waals surface area contributed by atoms with E-state index in [9.17, 15) is 9.59 Å². The first-order valence-corrected chi connectivity index (χ1v) is 8.65. The summed E-state index contributed by atoms with van der Waals surface area (Å²) in [5.41, 5.74) is 2.16. The number of H-pyrrole nitrogens is 1. The van der Waals surface area contributed by atoms with Crippen LogP contribution in [0.15, 0.2) is 59.4 Å². The fraction of sp³-hybridized carbons (Fsp3) is 0.238. The molecule has 26 heavy (non-hydrogen) atoms. The molecule has 5 heteroatoms. The number of aryl methyl sites for hydroxylation is 1. The molecule has 0 aliphatic rings. The van der Waals surface area contributed by atoms with Crippen molar-refractivity contribution in [3.63, 3.8) is 0 Å². The summed E-state index contributed by atoms with van der Waals surface area (Å²) in [5, 5.41) is 0.584. The number of para-hydroxylation sites is 1. The Balaban J connectivity index is 1.64. The van der Waals surface area contributed by atoms with E-state index in [1.54, 1.807) is 26.1 Å². The number of carbonyl (C=O) groups is 1. The predicted octanol–water partition coefficient (Wildman–Crippen LogP) is 3.90. The number of ether oxygens (including phenoxy) is 1. The molecule has 3 aromatic rings. The van der Waals surface area contributed by atoms with E-state index >= 15 is 0 Å². The Labute approximate surface area is 152 Å². The maximum Gasteiger partial charge on any atom is 0.416 e. The summed E-state index contributed by atoms with van der Waals surface area (Å²) >= 11 is 0. The minimum absolute atomic E-state index is 0.131. The van der Waals surface area contributed by atoms with Crippen molar-refractivity contribution in [1.29, 1.82) is 0 Å². The molecule has 0 fully saturated rings. The lowest BCUT2D eigenvalue weighted by Gasteiger charge is -2.17. The van der Waals surface area contributed by atoms with Crippen LogP contribution in [0.5, 0.6) is 5.88 Å². The molecule has 0 spiro atoms. The zero-order valence-corrected chi connectivity index (χ0v) is 15.0. The third-order valence-corrected chi connectivity index (χ3v) is 4.40. The van der Waals surface area contributed by atoms with Crippen LogP contribution in [0.2, 0.25) is 0 Å². The number of pyridine rings is 1. The fourth-order valence-electron chi connectivity index (χ4n) is 2.83. The maximum atomic E-state index is 12.4. The summed E-state index contributed by atoms with van der Waals surface area (Å²) in [6.45, 7) is 2.23. The Morgan fingerprint density at radius 1 is 1.08 bits per heavy atom. The molecule has 1 aromatic heterocycles. The van der Waals surface area contributed by atoms with E-state index in [2.05, 4.69) is 17.1 Å². The molecule has 1 heterocycles. The van der Waals surface area contributed by atoms with Crippen LogP contribution in [0.4, 0.5) is 4.79 Å². The number of rotatable bonds is 5. The average molecular weight is 350 g/mol. The van der Waals surface area contributed by atoms with Crippen LogP contribution in [0.25, 0.3) is 10.9 Å². The van der Waals surface area contributed by atoms with Gasteiger partial charge in [-0.1, -0.05) is 42.5 Å². The highest BCUT2D eigenvalue weighted by Gasteiger charge is 2.15. The van der Waals surface area contributed by atoms with E-state index in [0.29, 0.717) is 23.0 Å². The number of carbonyl (C=O) groups excluding carboxylic acids is 1. The lowest BCUT2D eigenvalue weighted by molar-refractivity contribution is 0.160. The van der Waals surface area contributed by atoms with Gasteiger partial charge in [-0.05, 0) is 37.5 Å². The van der Waals surface area contributed by atoms with Gasteiger partial charge in [0.05, 0.1) is 11.1 Å². The van der Waals surface area contributed by atoms with Gasteiger partial charge in [-0.3, -0.25) is 4.79 Å². The molecule has 0 unspecified atom stereocenters. The first-order valence-electron chi connectivity index (χ1n) is 8.65. The molecule has 1 N–H and O–H groups in total. The van der Waals surface area contributed by atoms with Gasteiger partial charge in [0.1, 0.15) is 0 Å². The summed E-state index contributed by atoms with van der Waals surface area (Å²) in [5.74, 6) is 0.202. The normalized spacial score (nSPS) is 10.7. The molecule has 3 rings (SSSR count). The van der Waals surface area contributed by atoms with E-state index in [4.69, 9.17) is 4.74 Å². The number of hydrogen-bond acceptors (Lipinski definition) is 3. The van der Waals surface area contributed by atoms with Crippen molar-refractivity contribution in [2.24, 2.45) is 0 Å². The summed E-state index contributed by atoms with van der Waals surface area (Å²) in [7, 11) is 1.70. The Morgan fingerprint density at radius 2 is 1.77 bits per heavy atom. The second-order valence-electron chi connectivity index (χ2n) is 6.33. The fourth-order valence-corrected chi connectivity index (χ4v) is 2.83. The number of aromatic amines is 1. The van der Waals surface area contributed by atoms with Crippen molar-refractivity contribution in [2.45, 2.75) is 19.8 Å².